The highest BCUT2D eigenvalue weighted by Gasteiger charge is 2.10. The third kappa shape index (κ3) is 6.99. The molecule has 2 rings (SSSR count). The number of alkyl halides is 2. The van der Waals surface area contributed by atoms with Crippen LogP contribution in [0.4, 0.5) is 5.69 Å². The number of aromatic nitrogens is 1. The van der Waals surface area contributed by atoms with Crippen LogP contribution < -0.4 is 5.32 Å². The van der Waals surface area contributed by atoms with Crippen LogP contribution in [0.5, 0.6) is 0 Å². The first-order valence-corrected chi connectivity index (χ1v) is 9.74. The fourth-order valence-electron chi connectivity index (χ4n) is 2.82. The van der Waals surface area contributed by atoms with Gasteiger partial charge < -0.3 is 10.2 Å². The summed E-state index contributed by atoms with van der Waals surface area (Å²) in [6.45, 7) is 4.99. The highest BCUT2D eigenvalue weighted by molar-refractivity contribution is 6.36. The molecule has 7 heteroatoms. The van der Waals surface area contributed by atoms with Crippen LogP contribution in [0.15, 0.2) is 30.5 Å². The minimum atomic E-state index is 0. The average molecular weight is 425 g/mol. The molecule has 25 heavy (non-hydrogen) atoms. The predicted molar refractivity (Wildman–Crippen MR) is 114 cm³/mol. The second-order valence-electron chi connectivity index (χ2n) is 5.90. The average Bonchev–Trinajstić information content (AvgIpc) is 2.55. The van der Waals surface area contributed by atoms with E-state index in [1.54, 1.807) is 0 Å². The molecule has 0 saturated heterocycles. The van der Waals surface area contributed by atoms with E-state index in [4.69, 9.17) is 34.8 Å². The van der Waals surface area contributed by atoms with E-state index in [1.165, 1.54) is 0 Å². The van der Waals surface area contributed by atoms with E-state index in [9.17, 15) is 0 Å². The standard InChI is InChI=1S/C18H24Cl3N3.ClH/c1-14(4-3-11-24(12-8-19)13-9-20)23-17-7-10-22-16-6-2-5-15(21)18(16)17;/h2,5-7,10,14H,3-4,8-9,11-13H2,1H3,(H,22,23);1H. The summed E-state index contributed by atoms with van der Waals surface area (Å²) in [7, 11) is 0. The van der Waals surface area contributed by atoms with Crippen molar-refractivity contribution in [1.82, 2.24) is 9.88 Å². The van der Waals surface area contributed by atoms with E-state index in [0.29, 0.717) is 17.8 Å². The monoisotopic (exact) mass is 423 g/mol. The fraction of sp³-hybridized carbons (Fsp3) is 0.500. The fourth-order valence-corrected chi connectivity index (χ4v) is 3.57. The maximum Gasteiger partial charge on any atom is 0.0737 e. The quantitative estimate of drug-likeness (QED) is 0.498. The zero-order valence-electron chi connectivity index (χ0n) is 14.4. The molecule has 1 atom stereocenters. The molecule has 1 heterocycles. The number of benzene rings is 1. The molecule has 2 aromatic rings. The molecule has 1 unspecified atom stereocenters. The van der Waals surface area contributed by atoms with Crippen molar-refractivity contribution in [1.29, 1.82) is 0 Å². The summed E-state index contributed by atoms with van der Waals surface area (Å²) < 4.78 is 0. The van der Waals surface area contributed by atoms with E-state index in [-0.39, 0.29) is 12.4 Å². The van der Waals surface area contributed by atoms with Gasteiger partial charge in [0.05, 0.1) is 10.5 Å². The third-order valence-corrected chi connectivity index (χ3v) is 4.68. The van der Waals surface area contributed by atoms with Crippen LogP contribution in [0.1, 0.15) is 19.8 Å². The van der Waals surface area contributed by atoms with Crippen molar-refractivity contribution in [3.8, 4) is 0 Å². The minimum Gasteiger partial charge on any atom is -0.382 e. The Bertz CT molecular complexity index is 627. The summed E-state index contributed by atoms with van der Waals surface area (Å²) in [5.41, 5.74) is 1.95. The highest BCUT2D eigenvalue weighted by Crippen LogP contribution is 2.29. The zero-order chi connectivity index (χ0) is 17.4. The van der Waals surface area contributed by atoms with Crippen LogP contribution in [-0.4, -0.2) is 47.3 Å². The molecule has 1 N–H and O–H groups in total. The number of nitrogens with one attached hydrogen (secondary N) is 1. The van der Waals surface area contributed by atoms with Crippen LogP contribution in [0.2, 0.25) is 5.02 Å². The van der Waals surface area contributed by atoms with Crippen molar-refractivity contribution in [2.24, 2.45) is 0 Å². The third-order valence-electron chi connectivity index (χ3n) is 4.03. The van der Waals surface area contributed by atoms with Crippen molar-refractivity contribution in [3.05, 3.63) is 35.5 Å². The summed E-state index contributed by atoms with van der Waals surface area (Å²) in [5, 5.41) is 5.28. The molecule has 1 aromatic carbocycles. The molecule has 140 valence electrons. The van der Waals surface area contributed by atoms with E-state index < -0.39 is 0 Å². The Labute approximate surface area is 171 Å². The Morgan fingerprint density at radius 3 is 2.52 bits per heavy atom. The van der Waals surface area contributed by atoms with E-state index >= 15 is 0 Å². The van der Waals surface area contributed by atoms with Gasteiger partial charge in [-0.15, -0.1) is 35.6 Å². The molecule has 0 aliphatic heterocycles. The Kier molecular flexibility index (Phi) is 10.9. The molecule has 0 spiro atoms. The predicted octanol–water partition coefficient (Wildman–Crippen LogP) is 5.67. The Hall–Kier alpha value is -0.450. The van der Waals surface area contributed by atoms with Gasteiger partial charge in [-0.3, -0.25) is 4.98 Å². The van der Waals surface area contributed by atoms with E-state index in [2.05, 4.69) is 22.1 Å². The Morgan fingerprint density at radius 1 is 1.12 bits per heavy atom. The molecule has 0 radical (unpaired) electrons. The second kappa shape index (κ2) is 12.0. The number of pyridine rings is 1. The lowest BCUT2D eigenvalue weighted by atomic mass is 10.1. The van der Waals surface area contributed by atoms with Crippen LogP contribution in [0.25, 0.3) is 10.9 Å². The SMILES string of the molecule is CC(CCCN(CCCl)CCCl)Nc1ccnc2cccc(Cl)c12.Cl. The highest BCUT2D eigenvalue weighted by atomic mass is 35.5. The van der Waals surface area contributed by atoms with Gasteiger partial charge in [0.15, 0.2) is 0 Å². The topological polar surface area (TPSA) is 28.2 Å². The lowest BCUT2D eigenvalue weighted by molar-refractivity contribution is 0.298. The minimum absolute atomic E-state index is 0. The molecule has 3 nitrogen and oxygen atoms in total. The molecule has 0 bridgehead atoms. The van der Waals surface area contributed by atoms with Crippen LogP contribution in [0.3, 0.4) is 0 Å². The first-order chi connectivity index (χ1) is 11.7. The lowest BCUT2D eigenvalue weighted by Crippen LogP contribution is -2.30. The van der Waals surface area contributed by atoms with Crippen molar-refractivity contribution in [2.45, 2.75) is 25.8 Å². The molecule has 0 saturated carbocycles. The molecule has 0 fully saturated rings. The van der Waals surface area contributed by atoms with E-state index in [1.807, 2.05) is 30.5 Å². The van der Waals surface area contributed by atoms with Gasteiger partial charge >= 0.3 is 0 Å². The molecular weight excluding hydrogens is 400 g/mol. The Morgan fingerprint density at radius 2 is 1.84 bits per heavy atom. The van der Waals surface area contributed by atoms with E-state index in [0.717, 1.165) is 54.1 Å². The summed E-state index contributed by atoms with van der Waals surface area (Å²) in [6.07, 6.45) is 3.98. The number of anilines is 1. The summed E-state index contributed by atoms with van der Waals surface area (Å²) in [6, 6.07) is 8.14. The molecule has 0 aliphatic rings. The smallest absolute Gasteiger partial charge is 0.0737 e. The van der Waals surface area contributed by atoms with Gasteiger partial charge in [-0.1, -0.05) is 17.7 Å². The van der Waals surface area contributed by atoms with Gasteiger partial charge in [0.2, 0.25) is 0 Å². The number of nitrogens with zero attached hydrogens (tertiary/aromatic N) is 2. The van der Waals surface area contributed by atoms with Crippen molar-refractivity contribution >= 4 is 63.8 Å². The molecular formula is C18H25Cl4N3. The van der Waals surface area contributed by atoms with Crippen LogP contribution in [-0.2, 0) is 0 Å². The number of rotatable bonds is 10. The number of fused-ring (bicyclic) bond motifs is 1. The number of halogens is 4. The summed E-state index contributed by atoms with van der Waals surface area (Å²) in [5.74, 6) is 1.29. The number of hydrogen-bond acceptors (Lipinski definition) is 3. The van der Waals surface area contributed by atoms with Gasteiger partial charge in [-0.05, 0) is 44.5 Å². The van der Waals surface area contributed by atoms with Gasteiger partial charge in [-0.2, -0.15) is 0 Å². The van der Waals surface area contributed by atoms with Crippen molar-refractivity contribution in [3.63, 3.8) is 0 Å². The van der Waals surface area contributed by atoms with Gasteiger partial charge in [0.1, 0.15) is 0 Å². The zero-order valence-corrected chi connectivity index (χ0v) is 17.4. The van der Waals surface area contributed by atoms with Gasteiger partial charge in [0, 0.05) is 48.2 Å². The summed E-state index contributed by atoms with van der Waals surface area (Å²) >= 11 is 18.0. The van der Waals surface area contributed by atoms with Crippen molar-refractivity contribution in [2.75, 3.05) is 36.7 Å². The summed E-state index contributed by atoms with van der Waals surface area (Å²) in [4.78, 5) is 6.69. The first kappa shape index (κ1) is 22.6. The largest absolute Gasteiger partial charge is 0.382 e. The van der Waals surface area contributed by atoms with Crippen LogP contribution >= 0.6 is 47.2 Å². The Balaban J connectivity index is 0.00000312. The second-order valence-corrected chi connectivity index (χ2v) is 7.06. The number of hydrogen-bond donors (Lipinski definition) is 1. The lowest BCUT2D eigenvalue weighted by Gasteiger charge is -2.22. The van der Waals surface area contributed by atoms with Crippen LogP contribution in [0, 0.1) is 0 Å². The normalized spacial score (nSPS) is 12.2. The molecule has 1 aromatic heterocycles. The van der Waals surface area contributed by atoms with Crippen molar-refractivity contribution < 1.29 is 0 Å². The maximum atomic E-state index is 6.35. The van der Waals surface area contributed by atoms with Gasteiger partial charge in [0.25, 0.3) is 0 Å². The van der Waals surface area contributed by atoms with Gasteiger partial charge in [-0.25, -0.2) is 0 Å². The maximum absolute atomic E-state index is 6.35. The first-order valence-electron chi connectivity index (χ1n) is 8.29. The molecule has 0 aliphatic carbocycles. The molecule has 0 amide bonds.